The third-order valence-electron chi connectivity index (χ3n) is 10.1. The summed E-state index contributed by atoms with van der Waals surface area (Å²) in [7, 11) is 0. The van der Waals surface area contributed by atoms with Gasteiger partial charge in [0.25, 0.3) is 0 Å². The number of hydrogen-bond donors (Lipinski definition) is 1. The van der Waals surface area contributed by atoms with Crippen molar-refractivity contribution in [2.45, 2.75) is 84.2 Å². The smallest absolute Gasteiger partial charge is 0.133 e. The van der Waals surface area contributed by atoms with Crippen LogP contribution in [0.4, 0.5) is 0 Å². The van der Waals surface area contributed by atoms with Crippen molar-refractivity contribution in [1.82, 2.24) is 0 Å². The topological polar surface area (TPSA) is 37.3 Å². The third kappa shape index (κ3) is 1.79. The summed E-state index contributed by atoms with van der Waals surface area (Å²) in [6.07, 6.45) is 11.1. The Hall–Kier alpha value is -0.370. The number of carbonyl (C=O) groups excluding carboxylic acids is 1. The second-order valence-electron chi connectivity index (χ2n) is 10.8. The van der Waals surface area contributed by atoms with Crippen LogP contribution in [0.1, 0.15) is 78.6 Å². The molecule has 5 saturated carbocycles. The normalized spacial score (nSPS) is 61.3. The van der Waals surface area contributed by atoms with E-state index in [9.17, 15) is 9.90 Å². The Labute approximate surface area is 146 Å². The Kier molecular flexibility index (Phi) is 3.08. The van der Waals surface area contributed by atoms with Crippen LogP contribution in [0.3, 0.4) is 0 Å². The summed E-state index contributed by atoms with van der Waals surface area (Å²) in [6.45, 7) is 6.85. The lowest BCUT2D eigenvalue weighted by Crippen LogP contribution is -2.54. The van der Waals surface area contributed by atoms with Crippen LogP contribution >= 0.6 is 0 Å². The van der Waals surface area contributed by atoms with Gasteiger partial charge in [0.1, 0.15) is 5.78 Å². The van der Waals surface area contributed by atoms with Crippen LogP contribution in [-0.2, 0) is 4.79 Å². The average molecular weight is 331 g/mol. The van der Waals surface area contributed by atoms with Crippen molar-refractivity contribution in [3.63, 3.8) is 0 Å². The molecular formula is C22H34O2. The van der Waals surface area contributed by atoms with Crippen molar-refractivity contribution >= 4 is 5.78 Å². The summed E-state index contributed by atoms with van der Waals surface area (Å²) in [5, 5.41) is 10.6. The van der Waals surface area contributed by atoms with Gasteiger partial charge >= 0.3 is 0 Å². The molecular weight excluding hydrogens is 296 g/mol. The van der Waals surface area contributed by atoms with Gasteiger partial charge in [-0.2, -0.15) is 0 Å². The van der Waals surface area contributed by atoms with Crippen molar-refractivity contribution < 1.29 is 9.90 Å². The Balaban J connectivity index is 1.45. The molecule has 0 bridgehead atoms. The standard InChI is InChI=1S/C22H34O2/c1-13(23)15-6-7-16-14-4-5-18-19-12-22(19,24)11-10-21(18,3)17(14)8-9-20(15,16)2/h14-19,24H,4-12H2,1-3H3/t14-,15+,16-,17-,18-,19?,20+,21+,22-/m0/s1. The lowest BCUT2D eigenvalue weighted by Gasteiger charge is -2.60. The number of carbonyl (C=O) groups is 1. The van der Waals surface area contributed by atoms with E-state index in [-0.39, 0.29) is 11.0 Å². The minimum atomic E-state index is -0.271. The predicted octanol–water partition coefficient (Wildman–Crippen LogP) is 4.60. The van der Waals surface area contributed by atoms with Crippen molar-refractivity contribution in [1.29, 1.82) is 0 Å². The largest absolute Gasteiger partial charge is 0.390 e. The van der Waals surface area contributed by atoms with Gasteiger partial charge in [0.2, 0.25) is 0 Å². The fourth-order valence-electron chi connectivity index (χ4n) is 8.80. The minimum Gasteiger partial charge on any atom is -0.390 e. The zero-order valence-electron chi connectivity index (χ0n) is 15.7. The van der Waals surface area contributed by atoms with E-state index in [0.29, 0.717) is 23.0 Å². The molecule has 134 valence electrons. The Bertz CT molecular complexity index is 585. The lowest BCUT2D eigenvalue weighted by molar-refractivity contribution is -0.139. The Morgan fingerprint density at radius 3 is 2.29 bits per heavy atom. The SMILES string of the molecule is CC(=O)[C@H]1CC[C@H]2[C@@H]3CC[C@H]4C5C[C@@]5(O)CC[C@]4(C)[C@H]3CC[C@]12C. The van der Waals surface area contributed by atoms with Gasteiger partial charge < -0.3 is 5.11 Å². The van der Waals surface area contributed by atoms with E-state index < -0.39 is 0 Å². The van der Waals surface area contributed by atoms with Crippen molar-refractivity contribution in [2.75, 3.05) is 0 Å². The molecule has 5 fully saturated rings. The highest BCUT2D eigenvalue weighted by atomic mass is 16.3. The maximum absolute atomic E-state index is 12.2. The molecule has 5 rings (SSSR count). The van der Waals surface area contributed by atoms with Crippen LogP contribution in [0, 0.1) is 46.3 Å². The fourth-order valence-corrected chi connectivity index (χ4v) is 8.80. The molecule has 0 heterocycles. The highest BCUT2D eigenvalue weighted by Gasteiger charge is 2.68. The number of hydrogen-bond acceptors (Lipinski definition) is 2. The molecule has 0 aromatic rings. The van der Waals surface area contributed by atoms with Crippen LogP contribution in [-0.4, -0.2) is 16.5 Å². The molecule has 5 aliphatic carbocycles. The summed E-state index contributed by atoms with van der Waals surface area (Å²) in [5.74, 6) is 4.63. The molecule has 9 atom stereocenters. The van der Waals surface area contributed by atoms with E-state index in [4.69, 9.17) is 0 Å². The zero-order valence-corrected chi connectivity index (χ0v) is 15.7. The molecule has 0 radical (unpaired) electrons. The summed E-state index contributed by atoms with van der Waals surface area (Å²) in [4.78, 5) is 12.2. The molecule has 5 aliphatic rings. The number of ketones is 1. The predicted molar refractivity (Wildman–Crippen MR) is 94.3 cm³/mol. The van der Waals surface area contributed by atoms with Crippen molar-refractivity contribution in [2.24, 2.45) is 46.3 Å². The van der Waals surface area contributed by atoms with E-state index in [1.165, 1.54) is 38.5 Å². The number of aliphatic hydroxyl groups is 1. The third-order valence-corrected chi connectivity index (χ3v) is 10.1. The van der Waals surface area contributed by atoms with Crippen LogP contribution in [0.25, 0.3) is 0 Å². The van der Waals surface area contributed by atoms with Crippen LogP contribution in [0.5, 0.6) is 0 Å². The fraction of sp³-hybridized carbons (Fsp3) is 0.955. The summed E-state index contributed by atoms with van der Waals surface area (Å²) in [5.41, 5.74) is 0.477. The van der Waals surface area contributed by atoms with Gasteiger partial charge in [-0.15, -0.1) is 0 Å². The first-order valence-corrected chi connectivity index (χ1v) is 10.5. The van der Waals surface area contributed by atoms with Gasteiger partial charge in [0.15, 0.2) is 0 Å². The van der Waals surface area contributed by atoms with Gasteiger partial charge in [-0.1, -0.05) is 13.8 Å². The number of Topliss-reactive ketones (excluding diaryl/α,β-unsaturated/α-hetero) is 1. The van der Waals surface area contributed by atoms with E-state index >= 15 is 0 Å². The van der Waals surface area contributed by atoms with E-state index in [1.54, 1.807) is 0 Å². The number of fused-ring (bicyclic) bond motifs is 7. The molecule has 0 amide bonds. The molecule has 2 nitrogen and oxygen atoms in total. The molecule has 1 unspecified atom stereocenters. The summed E-state index contributed by atoms with van der Waals surface area (Å²) in [6, 6.07) is 0. The van der Waals surface area contributed by atoms with E-state index in [1.807, 2.05) is 6.92 Å². The molecule has 0 aromatic carbocycles. The van der Waals surface area contributed by atoms with Gasteiger partial charge in [0, 0.05) is 5.92 Å². The Morgan fingerprint density at radius 2 is 1.54 bits per heavy atom. The van der Waals surface area contributed by atoms with Crippen molar-refractivity contribution in [3.8, 4) is 0 Å². The highest BCUT2D eigenvalue weighted by Crippen LogP contribution is 2.72. The van der Waals surface area contributed by atoms with Crippen molar-refractivity contribution in [3.05, 3.63) is 0 Å². The molecule has 0 aromatic heterocycles. The van der Waals surface area contributed by atoms with E-state index in [2.05, 4.69) is 13.8 Å². The quantitative estimate of drug-likeness (QED) is 0.763. The first-order valence-electron chi connectivity index (χ1n) is 10.5. The molecule has 0 aliphatic heterocycles. The maximum Gasteiger partial charge on any atom is 0.133 e. The molecule has 0 spiro atoms. The molecule has 0 saturated heterocycles. The van der Waals surface area contributed by atoms with Gasteiger partial charge in [-0.25, -0.2) is 0 Å². The molecule has 24 heavy (non-hydrogen) atoms. The first kappa shape index (κ1) is 15.9. The summed E-state index contributed by atoms with van der Waals surface area (Å²) < 4.78 is 0. The maximum atomic E-state index is 12.2. The van der Waals surface area contributed by atoms with Gasteiger partial charge in [0.05, 0.1) is 5.60 Å². The molecule has 2 heteroatoms. The minimum absolute atomic E-state index is 0.271. The highest BCUT2D eigenvalue weighted by molar-refractivity contribution is 5.79. The monoisotopic (exact) mass is 330 g/mol. The van der Waals surface area contributed by atoms with Crippen LogP contribution in [0.2, 0.25) is 0 Å². The van der Waals surface area contributed by atoms with Gasteiger partial charge in [-0.3, -0.25) is 4.79 Å². The van der Waals surface area contributed by atoms with Crippen LogP contribution < -0.4 is 0 Å². The zero-order chi connectivity index (χ0) is 16.9. The first-order chi connectivity index (χ1) is 11.3. The number of rotatable bonds is 1. The van der Waals surface area contributed by atoms with E-state index in [0.717, 1.165) is 42.9 Å². The lowest BCUT2D eigenvalue weighted by atomic mass is 9.44. The molecule has 1 N–H and O–H groups in total. The summed E-state index contributed by atoms with van der Waals surface area (Å²) >= 11 is 0. The Morgan fingerprint density at radius 1 is 0.833 bits per heavy atom. The average Bonchev–Trinajstić information content (AvgIpc) is 3.07. The van der Waals surface area contributed by atoms with Gasteiger partial charge in [-0.05, 0) is 105 Å². The second kappa shape index (κ2) is 4.67. The second-order valence-corrected chi connectivity index (χ2v) is 10.8. The van der Waals surface area contributed by atoms with Crippen LogP contribution in [0.15, 0.2) is 0 Å².